The minimum absolute atomic E-state index is 0.0322. The van der Waals surface area contributed by atoms with E-state index in [1.165, 1.54) is 6.07 Å². The highest BCUT2D eigenvalue weighted by molar-refractivity contribution is 7.99. The minimum atomic E-state index is -0.843. The summed E-state index contributed by atoms with van der Waals surface area (Å²) in [5.74, 6) is -0.131. The molecule has 0 amide bonds. The van der Waals surface area contributed by atoms with Crippen molar-refractivity contribution in [1.29, 1.82) is 0 Å². The predicted octanol–water partition coefficient (Wildman–Crippen LogP) is 3.29. The molecule has 32 heavy (non-hydrogen) atoms. The molecule has 170 valence electrons. The monoisotopic (exact) mass is 462 g/mol. The molecule has 1 saturated carbocycles. The first-order chi connectivity index (χ1) is 15.6. The third-order valence-corrected chi connectivity index (χ3v) is 6.88. The number of nitrogens with one attached hydrogen (secondary N) is 1. The molecule has 1 aliphatic heterocycles. The molecule has 3 heterocycles. The number of benzene rings is 1. The maximum absolute atomic E-state index is 13.6. The van der Waals surface area contributed by atoms with Crippen LogP contribution in [0, 0.1) is 11.6 Å². The smallest absolute Gasteiger partial charge is 0.191 e. The number of halogens is 2. The Hall–Kier alpha value is -2.37. The van der Waals surface area contributed by atoms with Gasteiger partial charge in [0.1, 0.15) is 0 Å². The van der Waals surface area contributed by atoms with Crippen LogP contribution in [0.15, 0.2) is 23.4 Å². The summed E-state index contributed by atoms with van der Waals surface area (Å²) in [7, 11) is 0. The summed E-state index contributed by atoms with van der Waals surface area (Å²) in [6.45, 7) is 2.50. The van der Waals surface area contributed by atoms with E-state index in [2.05, 4.69) is 27.5 Å². The molecule has 2 N–H and O–H groups in total. The topological polar surface area (TPSA) is 98.0 Å². The number of hydrogen-bond acceptors (Lipinski definition) is 8. The number of aliphatic hydroxyl groups is 1. The normalized spacial score (nSPS) is 24.9. The molecule has 1 saturated heterocycles. The summed E-state index contributed by atoms with van der Waals surface area (Å²) < 4.78 is 34.3. The van der Waals surface area contributed by atoms with Crippen molar-refractivity contribution in [2.75, 3.05) is 24.3 Å². The fourth-order valence-electron chi connectivity index (χ4n) is 4.04. The van der Waals surface area contributed by atoms with Crippen LogP contribution in [0.5, 0.6) is 0 Å². The lowest BCUT2D eigenvalue weighted by atomic mass is 10.1. The maximum atomic E-state index is 13.6. The van der Waals surface area contributed by atoms with Crippen LogP contribution in [-0.4, -0.2) is 61.2 Å². The van der Waals surface area contributed by atoms with Gasteiger partial charge < -0.3 is 15.2 Å². The second kappa shape index (κ2) is 8.87. The van der Waals surface area contributed by atoms with Crippen molar-refractivity contribution in [2.24, 2.45) is 0 Å². The van der Waals surface area contributed by atoms with Gasteiger partial charge in [-0.1, -0.05) is 30.0 Å². The molecule has 3 aromatic rings. The van der Waals surface area contributed by atoms with Gasteiger partial charge in [-0.05, 0) is 30.5 Å². The van der Waals surface area contributed by atoms with Gasteiger partial charge in [-0.3, -0.25) is 0 Å². The molecule has 2 aliphatic rings. The first kappa shape index (κ1) is 21.5. The number of anilines is 1. The number of fused-ring (bicyclic) bond motifs is 1. The first-order valence-corrected chi connectivity index (χ1v) is 11.8. The lowest BCUT2D eigenvalue weighted by Crippen LogP contribution is -2.14. The van der Waals surface area contributed by atoms with Gasteiger partial charge in [0.25, 0.3) is 0 Å². The number of rotatable bonds is 8. The van der Waals surface area contributed by atoms with Crippen LogP contribution in [0.3, 0.4) is 0 Å². The lowest BCUT2D eigenvalue weighted by molar-refractivity contribution is 0.0573. The Kier molecular flexibility index (Phi) is 5.95. The van der Waals surface area contributed by atoms with Gasteiger partial charge in [0, 0.05) is 24.1 Å². The average molecular weight is 463 g/mol. The van der Waals surface area contributed by atoms with Crippen molar-refractivity contribution >= 4 is 28.7 Å². The zero-order valence-electron chi connectivity index (χ0n) is 17.5. The quantitative estimate of drug-likeness (QED) is 0.389. The van der Waals surface area contributed by atoms with E-state index in [-0.39, 0.29) is 30.7 Å². The number of aliphatic hydroxyl groups excluding tert-OH is 1. The van der Waals surface area contributed by atoms with Gasteiger partial charge >= 0.3 is 0 Å². The largest absolute Gasteiger partial charge is 0.394 e. The van der Waals surface area contributed by atoms with E-state index in [1.54, 1.807) is 22.5 Å². The van der Waals surface area contributed by atoms with E-state index < -0.39 is 11.6 Å². The van der Waals surface area contributed by atoms with Crippen LogP contribution in [0.4, 0.5) is 14.6 Å². The van der Waals surface area contributed by atoms with Crippen LogP contribution in [0.25, 0.3) is 11.2 Å². The Labute approximate surface area is 187 Å². The van der Waals surface area contributed by atoms with Crippen LogP contribution < -0.4 is 5.32 Å². The number of ether oxygens (including phenoxy) is 1. The number of hydrogen-bond donors (Lipinski definition) is 2. The molecule has 0 radical (unpaired) electrons. The number of aromatic nitrogens is 5. The molecule has 4 atom stereocenters. The average Bonchev–Trinajstić information content (AvgIpc) is 3.20. The first-order valence-electron chi connectivity index (χ1n) is 10.8. The van der Waals surface area contributed by atoms with E-state index in [4.69, 9.17) is 9.72 Å². The zero-order valence-corrected chi connectivity index (χ0v) is 18.4. The van der Waals surface area contributed by atoms with Crippen LogP contribution in [0.1, 0.15) is 43.7 Å². The van der Waals surface area contributed by atoms with Crippen molar-refractivity contribution in [2.45, 2.75) is 55.4 Å². The Morgan fingerprint density at radius 3 is 2.88 bits per heavy atom. The molecule has 0 spiro atoms. The maximum Gasteiger partial charge on any atom is 0.191 e. The van der Waals surface area contributed by atoms with Crippen LogP contribution in [-0.2, 0) is 4.74 Å². The Morgan fingerprint density at radius 1 is 1.25 bits per heavy atom. The molecular weight excluding hydrogens is 438 g/mol. The van der Waals surface area contributed by atoms with Gasteiger partial charge in [0.2, 0.25) is 0 Å². The second-order valence-electron chi connectivity index (χ2n) is 8.20. The standard InChI is InChI=1S/C21H24F2N6O2S/c1-2-5-32-21-25-19(24-17-8-14(17)11-3-4-15(22)16(23)6-11)18-20(26-21)29(28-27-18)12-7-13(9-30)31-10-12/h3-4,6,12-14,17,30H,2,5,7-10H2,1H3,(H,24,25,26)/t12-,13-,14+,17-/m1/s1. The molecule has 1 aliphatic carbocycles. The molecule has 8 nitrogen and oxygen atoms in total. The van der Waals surface area contributed by atoms with Gasteiger partial charge in [0.15, 0.2) is 33.8 Å². The lowest BCUT2D eigenvalue weighted by Gasteiger charge is -2.11. The Bertz CT molecular complexity index is 1130. The summed E-state index contributed by atoms with van der Waals surface area (Å²) in [6, 6.07) is 4.03. The van der Waals surface area contributed by atoms with Crippen molar-refractivity contribution in [3.63, 3.8) is 0 Å². The van der Waals surface area contributed by atoms with Gasteiger partial charge in [0.05, 0.1) is 25.4 Å². The van der Waals surface area contributed by atoms with E-state index in [9.17, 15) is 13.9 Å². The summed E-state index contributed by atoms with van der Waals surface area (Å²) in [5.41, 5.74) is 1.95. The SMILES string of the molecule is CCCSc1nc(N[C@@H]2C[C@H]2c2ccc(F)c(F)c2)c2nnn([C@H]3CO[C@@H](CO)C3)c2n1. The summed E-state index contributed by atoms with van der Waals surface area (Å²) >= 11 is 1.56. The van der Waals surface area contributed by atoms with E-state index in [1.807, 2.05) is 0 Å². The fourth-order valence-corrected chi connectivity index (χ4v) is 4.73. The van der Waals surface area contributed by atoms with Crippen molar-refractivity contribution in [1.82, 2.24) is 25.0 Å². The third kappa shape index (κ3) is 4.16. The minimum Gasteiger partial charge on any atom is -0.394 e. The van der Waals surface area contributed by atoms with Crippen molar-refractivity contribution in [3.8, 4) is 0 Å². The molecular formula is C21H24F2N6O2S. The Morgan fingerprint density at radius 2 is 2.12 bits per heavy atom. The fraction of sp³-hybridized carbons (Fsp3) is 0.524. The highest BCUT2D eigenvalue weighted by atomic mass is 32.2. The molecule has 1 aromatic carbocycles. The van der Waals surface area contributed by atoms with E-state index >= 15 is 0 Å². The number of thioether (sulfide) groups is 1. The molecule has 0 unspecified atom stereocenters. The van der Waals surface area contributed by atoms with E-state index in [0.717, 1.165) is 30.2 Å². The van der Waals surface area contributed by atoms with Crippen molar-refractivity contribution in [3.05, 3.63) is 35.4 Å². The third-order valence-electron chi connectivity index (χ3n) is 5.83. The molecule has 11 heteroatoms. The second-order valence-corrected chi connectivity index (χ2v) is 9.27. The summed E-state index contributed by atoms with van der Waals surface area (Å²) in [6.07, 6.45) is 2.20. The Balaban J connectivity index is 1.42. The molecule has 2 fully saturated rings. The zero-order chi connectivity index (χ0) is 22.2. The number of nitrogens with zero attached hydrogens (tertiary/aromatic N) is 5. The summed E-state index contributed by atoms with van der Waals surface area (Å²) in [5, 5.41) is 22.1. The molecule has 2 aromatic heterocycles. The van der Waals surface area contributed by atoms with Crippen LogP contribution in [0.2, 0.25) is 0 Å². The summed E-state index contributed by atoms with van der Waals surface area (Å²) in [4.78, 5) is 9.36. The van der Waals surface area contributed by atoms with Crippen LogP contribution >= 0.6 is 11.8 Å². The van der Waals surface area contributed by atoms with Crippen molar-refractivity contribution < 1.29 is 18.6 Å². The molecule has 0 bridgehead atoms. The predicted molar refractivity (Wildman–Crippen MR) is 116 cm³/mol. The highest BCUT2D eigenvalue weighted by Crippen LogP contribution is 2.43. The van der Waals surface area contributed by atoms with Gasteiger partial charge in [-0.25, -0.2) is 23.4 Å². The highest BCUT2D eigenvalue weighted by Gasteiger charge is 2.40. The van der Waals surface area contributed by atoms with Gasteiger partial charge in [-0.2, -0.15) is 0 Å². The van der Waals surface area contributed by atoms with Gasteiger partial charge in [-0.15, -0.1) is 5.10 Å². The van der Waals surface area contributed by atoms with E-state index in [0.29, 0.717) is 35.2 Å². The molecule has 5 rings (SSSR count).